The highest BCUT2D eigenvalue weighted by molar-refractivity contribution is 6.37. The molecule has 3 aromatic rings. The van der Waals surface area contributed by atoms with Gasteiger partial charge in [0.05, 0.1) is 16.2 Å². The van der Waals surface area contributed by atoms with E-state index in [1.165, 1.54) is 0 Å². The third kappa shape index (κ3) is 2.12. The Bertz CT molecular complexity index is 870. The molecule has 0 unspecified atom stereocenters. The molecule has 0 bridgehead atoms. The fraction of sp³-hybridized carbons (Fsp3) is 0.0625. The Morgan fingerprint density at radius 3 is 2.67 bits per heavy atom. The highest BCUT2D eigenvalue weighted by Gasteiger charge is 2.19. The molecule has 1 aromatic heterocycles. The molecule has 1 N–H and O–H groups in total. The van der Waals surface area contributed by atoms with Crippen LogP contribution in [0, 0.1) is 18.6 Å². The quantitative estimate of drug-likeness (QED) is 0.672. The topological polar surface area (TPSA) is 32.9 Å². The Balaban J connectivity index is 2.43. The minimum absolute atomic E-state index is 0.00349. The molecule has 106 valence electrons. The smallest absolute Gasteiger partial charge is 0.152 e. The van der Waals surface area contributed by atoms with Gasteiger partial charge in [-0.25, -0.2) is 8.78 Å². The van der Waals surface area contributed by atoms with E-state index in [1.807, 2.05) is 6.92 Å². The summed E-state index contributed by atoms with van der Waals surface area (Å²) in [7, 11) is 0. The van der Waals surface area contributed by atoms with Crippen molar-refractivity contribution in [3.8, 4) is 11.3 Å². The second kappa shape index (κ2) is 4.97. The number of aromatic nitrogens is 1. The zero-order chi connectivity index (χ0) is 15.1. The van der Waals surface area contributed by atoms with Crippen LogP contribution < -0.4 is 0 Å². The van der Waals surface area contributed by atoms with Crippen molar-refractivity contribution in [1.82, 2.24) is 4.98 Å². The van der Waals surface area contributed by atoms with E-state index in [0.29, 0.717) is 22.2 Å². The van der Waals surface area contributed by atoms with Gasteiger partial charge in [-0.05, 0) is 36.8 Å². The Hall–Kier alpha value is -2.20. The van der Waals surface area contributed by atoms with Gasteiger partial charge >= 0.3 is 0 Å². The van der Waals surface area contributed by atoms with Crippen molar-refractivity contribution >= 4 is 28.8 Å². The molecule has 0 aliphatic rings. The zero-order valence-corrected chi connectivity index (χ0v) is 11.8. The lowest BCUT2D eigenvalue weighted by atomic mass is 10.0. The lowest BCUT2D eigenvalue weighted by Crippen LogP contribution is -1.90. The van der Waals surface area contributed by atoms with E-state index in [2.05, 4.69) is 4.98 Å². The summed E-state index contributed by atoms with van der Waals surface area (Å²) in [5.74, 6) is -1.19. The van der Waals surface area contributed by atoms with Crippen LogP contribution in [0.5, 0.6) is 0 Å². The van der Waals surface area contributed by atoms with E-state index < -0.39 is 11.6 Å². The summed E-state index contributed by atoms with van der Waals surface area (Å²) in [6.07, 6.45) is 0.601. The van der Waals surface area contributed by atoms with Gasteiger partial charge in [0.25, 0.3) is 0 Å². The number of halogens is 3. The summed E-state index contributed by atoms with van der Waals surface area (Å²) in [4.78, 5) is 14.4. The number of rotatable bonds is 2. The van der Waals surface area contributed by atoms with Crippen molar-refractivity contribution in [3.63, 3.8) is 0 Å². The van der Waals surface area contributed by atoms with E-state index in [9.17, 15) is 13.6 Å². The predicted molar refractivity (Wildman–Crippen MR) is 78.8 cm³/mol. The molecule has 21 heavy (non-hydrogen) atoms. The van der Waals surface area contributed by atoms with Gasteiger partial charge in [0.1, 0.15) is 11.6 Å². The number of benzene rings is 2. The SMILES string of the molecule is Cc1ccc(Cl)c2c(C=O)c(-c3cc(F)ccc3F)[nH]c12. The summed E-state index contributed by atoms with van der Waals surface area (Å²) in [6, 6.07) is 6.57. The van der Waals surface area contributed by atoms with Crippen LogP contribution in [0.2, 0.25) is 5.02 Å². The highest BCUT2D eigenvalue weighted by Crippen LogP contribution is 2.36. The monoisotopic (exact) mass is 305 g/mol. The fourth-order valence-corrected chi connectivity index (χ4v) is 2.70. The Labute approximate surface area is 124 Å². The van der Waals surface area contributed by atoms with Crippen LogP contribution >= 0.6 is 11.6 Å². The minimum atomic E-state index is -0.611. The van der Waals surface area contributed by atoms with Gasteiger partial charge < -0.3 is 4.98 Å². The number of aromatic amines is 1. The van der Waals surface area contributed by atoms with E-state index >= 15 is 0 Å². The average molecular weight is 306 g/mol. The lowest BCUT2D eigenvalue weighted by Gasteiger charge is -2.02. The molecule has 1 heterocycles. The molecule has 3 rings (SSSR count). The second-order valence-corrected chi connectivity index (χ2v) is 5.18. The van der Waals surface area contributed by atoms with Gasteiger partial charge in [0, 0.05) is 16.5 Å². The maximum Gasteiger partial charge on any atom is 0.152 e. The van der Waals surface area contributed by atoms with Gasteiger partial charge in [-0.15, -0.1) is 0 Å². The molecular formula is C16H10ClF2NO. The molecule has 0 radical (unpaired) electrons. The van der Waals surface area contributed by atoms with Gasteiger partial charge in [0.15, 0.2) is 6.29 Å². The number of nitrogens with one attached hydrogen (secondary N) is 1. The molecule has 0 spiro atoms. The summed E-state index contributed by atoms with van der Waals surface area (Å²) < 4.78 is 27.4. The molecular weight excluding hydrogens is 296 g/mol. The minimum Gasteiger partial charge on any atom is -0.354 e. The molecule has 0 aliphatic carbocycles. The largest absolute Gasteiger partial charge is 0.354 e. The van der Waals surface area contributed by atoms with Crippen molar-refractivity contribution in [2.24, 2.45) is 0 Å². The van der Waals surface area contributed by atoms with Crippen molar-refractivity contribution < 1.29 is 13.6 Å². The molecule has 5 heteroatoms. The molecule has 2 aromatic carbocycles. The number of aryl methyl sites for hydroxylation is 1. The maximum absolute atomic E-state index is 14.0. The summed E-state index contributed by atoms with van der Waals surface area (Å²) >= 11 is 6.14. The average Bonchev–Trinajstić information content (AvgIpc) is 2.86. The fourth-order valence-electron chi connectivity index (χ4n) is 2.44. The first-order valence-electron chi connectivity index (χ1n) is 6.24. The molecule has 0 amide bonds. The number of fused-ring (bicyclic) bond motifs is 1. The normalized spacial score (nSPS) is 11.0. The molecule has 0 aliphatic heterocycles. The number of aldehydes is 1. The Morgan fingerprint density at radius 2 is 1.95 bits per heavy atom. The zero-order valence-electron chi connectivity index (χ0n) is 11.0. The third-order valence-electron chi connectivity index (χ3n) is 3.47. The predicted octanol–water partition coefficient (Wildman–Crippen LogP) is 4.89. The number of hydrogen-bond donors (Lipinski definition) is 1. The van der Waals surface area contributed by atoms with Crippen molar-refractivity contribution in [2.45, 2.75) is 6.92 Å². The van der Waals surface area contributed by atoms with Gasteiger partial charge in [-0.1, -0.05) is 17.7 Å². The maximum atomic E-state index is 14.0. The van der Waals surface area contributed by atoms with Crippen molar-refractivity contribution in [2.75, 3.05) is 0 Å². The van der Waals surface area contributed by atoms with Crippen LogP contribution in [0.15, 0.2) is 30.3 Å². The van der Waals surface area contributed by atoms with Crippen molar-refractivity contribution in [3.05, 3.63) is 58.1 Å². The van der Waals surface area contributed by atoms with E-state index in [4.69, 9.17) is 11.6 Å². The second-order valence-electron chi connectivity index (χ2n) is 4.77. The first-order chi connectivity index (χ1) is 10.0. The van der Waals surface area contributed by atoms with Gasteiger partial charge in [-0.2, -0.15) is 0 Å². The number of carbonyl (C=O) groups is 1. The molecule has 0 saturated carbocycles. The Morgan fingerprint density at radius 1 is 1.19 bits per heavy atom. The molecule has 0 fully saturated rings. The summed E-state index contributed by atoms with van der Waals surface area (Å²) in [5.41, 5.74) is 1.96. The number of H-pyrrole nitrogens is 1. The van der Waals surface area contributed by atoms with E-state index in [-0.39, 0.29) is 16.8 Å². The summed E-state index contributed by atoms with van der Waals surface area (Å²) in [5, 5.41) is 0.905. The number of carbonyl (C=O) groups excluding carboxylic acids is 1. The first kappa shape index (κ1) is 13.8. The summed E-state index contributed by atoms with van der Waals surface area (Å²) in [6.45, 7) is 1.84. The van der Waals surface area contributed by atoms with E-state index in [1.54, 1.807) is 12.1 Å². The molecule has 0 saturated heterocycles. The van der Waals surface area contributed by atoms with Gasteiger partial charge in [0.2, 0.25) is 0 Å². The Kier molecular flexibility index (Phi) is 3.26. The molecule has 0 atom stereocenters. The van der Waals surface area contributed by atoms with Crippen LogP contribution in [-0.4, -0.2) is 11.3 Å². The van der Waals surface area contributed by atoms with Crippen molar-refractivity contribution in [1.29, 1.82) is 0 Å². The van der Waals surface area contributed by atoms with Crippen LogP contribution in [0.3, 0.4) is 0 Å². The number of hydrogen-bond acceptors (Lipinski definition) is 1. The molecule has 2 nitrogen and oxygen atoms in total. The van der Waals surface area contributed by atoms with Crippen LogP contribution in [0.1, 0.15) is 15.9 Å². The van der Waals surface area contributed by atoms with Gasteiger partial charge in [-0.3, -0.25) is 4.79 Å². The van der Waals surface area contributed by atoms with E-state index in [0.717, 1.165) is 23.8 Å². The standard InChI is InChI=1S/C16H10ClF2NO/c1-8-2-4-12(17)14-11(7-21)16(20-15(8)14)10-6-9(18)3-5-13(10)19/h2-7,20H,1H3. The lowest BCUT2D eigenvalue weighted by molar-refractivity contribution is 0.112. The highest BCUT2D eigenvalue weighted by atomic mass is 35.5. The van der Waals surface area contributed by atoms with Crippen LogP contribution in [0.4, 0.5) is 8.78 Å². The van der Waals surface area contributed by atoms with Crippen LogP contribution in [-0.2, 0) is 0 Å². The third-order valence-corrected chi connectivity index (χ3v) is 3.78. The van der Waals surface area contributed by atoms with Crippen LogP contribution in [0.25, 0.3) is 22.2 Å². The first-order valence-corrected chi connectivity index (χ1v) is 6.62.